The van der Waals surface area contributed by atoms with Crippen LogP contribution in [0.4, 0.5) is 0 Å². The van der Waals surface area contributed by atoms with E-state index in [9.17, 15) is 4.79 Å². The van der Waals surface area contributed by atoms with E-state index in [-0.39, 0.29) is 11.6 Å². The van der Waals surface area contributed by atoms with Crippen molar-refractivity contribution >= 4 is 11.0 Å². The van der Waals surface area contributed by atoms with Crippen molar-refractivity contribution in [2.75, 3.05) is 0 Å². The lowest BCUT2D eigenvalue weighted by molar-refractivity contribution is 0.619. The van der Waals surface area contributed by atoms with Gasteiger partial charge in [0.05, 0.1) is 17.9 Å². The molecule has 1 atom stereocenters. The molecule has 0 amide bonds. The van der Waals surface area contributed by atoms with Gasteiger partial charge in [0.25, 0.3) is 5.56 Å². The van der Waals surface area contributed by atoms with Crippen molar-refractivity contribution in [1.29, 1.82) is 0 Å². The van der Waals surface area contributed by atoms with Crippen LogP contribution in [0.5, 0.6) is 0 Å². The Balaban J connectivity index is 2.40. The van der Waals surface area contributed by atoms with Gasteiger partial charge in [0, 0.05) is 7.05 Å². The highest BCUT2D eigenvalue weighted by molar-refractivity contribution is 5.73. The van der Waals surface area contributed by atoms with Gasteiger partial charge in [0.2, 0.25) is 0 Å². The number of para-hydroxylation sites is 1. The zero-order valence-corrected chi connectivity index (χ0v) is 12.0. The average Bonchev–Trinajstić information content (AvgIpc) is 2.89. The molecule has 1 aromatic carbocycles. The topological polar surface area (TPSA) is 78.7 Å². The van der Waals surface area contributed by atoms with Crippen LogP contribution in [-0.2, 0) is 7.05 Å². The molecule has 0 aliphatic heterocycles. The Morgan fingerprint density at radius 1 is 1.29 bits per heavy atom. The molecule has 0 saturated carbocycles. The third-order valence-electron chi connectivity index (χ3n) is 3.58. The van der Waals surface area contributed by atoms with E-state index in [0.29, 0.717) is 23.3 Å². The molecule has 6 nitrogen and oxygen atoms in total. The quantitative estimate of drug-likeness (QED) is 0.790. The third-order valence-corrected chi connectivity index (χ3v) is 3.58. The van der Waals surface area contributed by atoms with Crippen LogP contribution in [-0.4, -0.2) is 19.3 Å². The van der Waals surface area contributed by atoms with E-state index in [2.05, 4.69) is 10.1 Å². The number of fused-ring (bicyclic) bond motifs is 1. The predicted molar refractivity (Wildman–Crippen MR) is 81.3 cm³/mol. The molecule has 0 spiro atoms. The minimum atomic E-state index is -0.308. The maximum absolute atomic E-state index is 12.8. The SMILES string of the molecule is CC[C@@H](N)c1nc2c(cnn2C)c(=O)n1-c1ccccc1. The van der Waals surface area contributed by atoms with Crippen LogP contribution in [0.1, 0.15) is 25.2 Å². The summed E-state index contributed by atoms with van der Waals surface area (Å²) < 4.78 is 3.18. The minimum Gasteiger partial charge on any atom is -0.321 e. The number of rotatable bonds is 3. The lowest BCUT2D eigenvalue weighted by Crippen LogP contribution is -2.28. The third kappa shape index (κ3) is 2.13. The Morgan fingerprint density at radius 3 is 2.67 bits per heavy atom. The van der Waals surface area contributed by atoms with Gasteiger partial charge in [0.1, 0.15) is 11.2 Å². The first-order valence-electron chi connectivity index (χ1n) is 6.89. The normalized spacial score (nSPS) is 12.7. The number of hydrogen-bond acceptors (Lipinski definition) is 4. The van der Waals surface area contributed by atoms with Crippen molar-refractivity contribution in [3.05, 3.63) is 52.7 Å². The van der Waals surface area contributed by atoms with E-state index in [0.717, 1.165) is 5.69 Å². The first-order valence-corrected chi connectivity index (χ1v) is 6.89. The second-order valence-electron chi connectivity index (χ2n) is 4.97. The highest BCUT2D eigenvalue weighted by atomic mass is 16.1. The molecule has 0 saturated heterocycles. The first kappa shape index (κ1) is 13.5. The molecule has 2 heterocycles. The van der Waals surface area contributed by atoms with E-state index < -0.39 is 0 Å². The smallest absolute Gasteiger partial charge is 0.269 e. The Hall–Kier alpha value is -2.47. The van der Waals surface area contributed by atoms with Crippen LogP contribution in [0.15, 0.2) is 41.3 Å². The van der Waals surface area contributed by atoms with Crippen LogP contribution >= 0.6 is 0 Å². The van der Waals surface area contributed by atoms with Crippen LogP contribution in [0, 0.1) is 0 Å². The van der Waals surface area contributed by atoms with Gasteiger partial charge < -0.3 is 5.73 Å². The summed E-state index contributed by atoms with van der Waals surface area (Å²) in [7, 11) is 1.77. The Morgan fingerprint density at radius 2 is 2.00 bits per heavy atom. The molecule has 0 fully saturated rings. The van der Waals surface area contributed by atoms with Gasteiger partial charge in [-0.1, -0.05) is 25.1 Å². The summed E-state index contributed by atoms with van der Waals surface area (Å²) in [5.74, 6) is 0.560. The molecule has 6 heteroatoms. The summed E-state index contributed by atoms with van der Waals surface area (Å²) >= 11 is 0. The highest BCUT2D eigenvalue weighted by Crippen LogP contribution is 2.17. The molecule has 2 N–H and O–H groups in total. The highest BCUT2D eigenvalue weighted by Gasteiger charge is 2.18. The van der Waals surface area contributed by atoms with Crippen LogP contribution < -0.4 is 11.3 Å². The standard InChI is InChI=1S/C15H17N5O/c1-3-12(16)14-18-13-11(9-17-19(13)2)15(21)20(14)10-7-5-4-6-8-10/h4-9,12H,3,16H2,1-2H3/t12-/m1/s1. The molecule has 0 aliphatic rings. The second-order valence-corrected chi connectivity index (χ2v) is 4.97. The predicted octanol–water partition coefficient (Wildman–Crippen LogP) is 1.53. The van der Waals surface area contributed by atoms with Gasteiger partial charge in [-0.25, -0.2) is 4.98 Å². The lowest BCUT2D eigenvalue weighted by Gasteiger charge is -2.16. The van der Waals surface area contributed by atoms with Crippen molar-refractivity contribution in [3.63, 3.8) is 0 Å². The van der Waals surface area contributed by atoms with Crippen molar-refractivity contribution in [1.82, 2.24) is 19.3 Å². The Labute approximate surface area is 121 Å². The number of nitrogens with two attached hydrogens (primary N) is 1. The van der Waals surface area contributed by atoms with E-state index in [1.165, 1.54) is 0 Å². The summed E-state index contributed by atoms with van der Waals surface area (Å²) in [4.78, 5) is 17.4. The number of aromatic nitrogens is 4. The molecule has 2 aromatic heterocycles. The summed E-state index contributed by atoms with van der Waals surface area (Å²) in [6.07, 6.45) is 2.24. The van der Waals surface area contributed by atoms with Gasteiger partial charge in [-0.2, -0.15) is 5.10 Å². The van der Waals surface area contributed by atoms with Gasteiger partial charge >= 0.3 is 0 Å². The van der Waals surface area contributed by atoms with Crippen LogP contribution in [0.25, 0.3) is 16.7 Å². The van der Waals surface area contributed by atoms with Crippen LogP contribution in [0.3, 0.4) is 0 Å². The number of nitrogens with zero attached hydrogens (tertiary/aromatic N) is 4. The summed E-state index contributed by atoms with van der Waals surface area (Å²) in [5.41, 5.74) is 7.34. The zero-order valence-electron chi connectivity index (χ0n) is 12.0. The summed E-state index contributed by atoms with van der Waals surface area (Å²) in [5, 5.41) is 4.61. The van der Waals surface area contributed by atoms with E-state index in [1.54, 1.807) is 22.5 Å². The molecule has 3 aromatic rings. The van der Waals surface area contributed by atoms with E-state index in [4.69, 9.17) is 5.73 Å². The molecular formula is C15H17N5O. The molecule has 0 radical (unpaired) electrons. The van der Waals surface area contributed by atoms with Crippen molar-refractivity contribution in [3.8, 4) is 5.69 Å². The molecule has 3 rings (SSSR count). The minimum absolute atomic E-state index is 0.141. The Kier molecular flexibility index (Phi) is 3.31. The van der Waals surface area contributed by atoms with Gasteiger partial charge in [-0.05, 0) is 18.6 Å². The number of hydrogen-bond donors (Lipinski definition) is 1. The first-order chi connectivity index (χ1) is 10.1. The second kappa shape index (κ2) is 5.14. The van der Waals surface area contributed by atoms with Crippen molar-refractivity contribution in [2.45, 2.75) is 19.4 Å². The molecule has 21 heavy (non-hydrogen) atoms. The maximum Gasteiger partial charge on any atom is 0.269 e. The largest absolute Gasteiger partial charge is 0.321 e. The van der Waals surface area contributed by atoms with E-state index in [1.807, 2.05) is 37.3 Å². The zero-order chi connectivity index (χ0) is 15.0. The van der Waals surface area contributed by atoms with E-state index >= 15 is 0 Å². The fourth-order valence-corrected chi connectivity index (χ4v) is 2.36. The van der Waals surface area contributed by atoms with Crippen molar-refractivity contribution < 1.29 is 0 Å². The average molecular weight is 283 g/mol. The molecular weight excluding hydrogens is 266 g/mol. The van der Waals surface area contributed by atoms with Gasteiger partial charge in [-0.15, -0.1) is 0 Å². The Bertz CT molecular complexity index is 834. The van der Waals surface area contributed by atoms with Crippen molar-refractivity contribution in [2.24, 2.45) is 12.8 Å². The molecule has 0 unspecified atom stereocenters. The number of benzene rings is 1. The van der Waals surface area contributed by atoms with Gasteiger partial charge in [-0.3, -0.25) is 14.0 Å². The fourth-order valence-electron chi connectivity index (χ4n) is 2.36. The summed E-state index contributed by atoms with van der Waals surface area (Å²) in [6.45, 7) is 1.97. The fraction of sp³-hybridized carbons (Fsp3) is 0.267. The molecule has 0 aliphatic carbocycles. The molecule has 108 valence electrons. The maximum atomic E-state index is 12.8. The number of aryl methyl sites for hydroxylation is 1. The monoisotopic (exact) mass is 283 g/mol. The molecule has 0 bridgehead atoms. The van der Waals surface area contributed by atoms with Gasteiger partial charge in [0.15, 0.2) is 5.65 Å². The summed E-state index contributed by atoms with van der Waals surface area (Å²) in [6, 6.07) is 9.11. The van der Waals surface area contributed by atoms with Crippen LogP contribution in [0.2, 0.25) is 0 Å². The lowest BCUT2D eigenvalue weighted by atomic mass is 10.2.